The Labute approximate surface area is 178 Å². The molecule has 31 heavy (non-hydrogen) atoms. The average Bonchev–Trinajstić information content (AvgIpc) is 3.33. The Morgan fingerprint density at radius 1 is 1.06 bits per heavy atom. The van der Waals surface area contributed by atoms with E-state index in [2.05, 4.69) is 9.71 Å². The maximum absolute atomic E-state index is 12.6. The normalized spacial score (nSPS) is 13.5. The minimum absolute atomic E-state index is 0.0796. The highest BCUT2D eigenvalue weighted by Gasteiger charge is 2.33. The molecule has 0 atom stereocenters. The van der Waals surface area contributed by atoms with Gasteiger partial charge >= 0.3 is 0 Å². The summed E-state index contributed by atoms with van der Waals surface area (Å²) in [6.07, 6.45) is 1.79. The van der Waals surface area contributed by atoms with E-state index in [-0.39, 0.29) is 22.6 Å². The van der Waals surface area contributed by atoms with Crippen LogP contribution >= 0.6 is 0 Å². The van der Waals surface area contributed by atoms with Crippen molar-refractivity contribution in [1.29, 1.82) is 0 Å². The first-order chi connectivity index (χ1) is 14.8. The van der Waals surface area contributed by atoms with E-state index >= 15 is 0 Å². The van der Waals surface area contributed by atoms with Gasteiger partial charge in [0.25, 0.3) is 11.8 Å². The van der Waals surface area contributed by atoms with Crippen LogP contribution < -0.4 is 9.46 Å². The van der Waals surface area contributed by atoms with Gasteiger partial charge in [-0.1, -0.05) is 0 Å². The fraction of sp³-hybridized carbons (Fsp3) is 0.190. The van der Waals surface area contributed by atoms with Crippen LogP contribution in [0.3, 0.4) is 0 Å². The van der Waals surface area contributed by atoms with Gasteiger partial charge in [0.2, 0.25) is 15.9 Å². The summed E-state index contributed by atoms with van der Waals surface area (Å²) in [6, 6.07) is 11.1. The number of methoxy groups -OCH3 is 1. The number of rotatable bonds is 7. The maximum Gasteiger partial charge on any atom is 0.261 e. The third-order valence-corrected chi connectivity index (χ3v) is 6.39. The quantitative estimate of drug-likeness (QED) is 0.558. The number of nitrogens with one attached hydrogen (secondary N) is 1. The van der Waals surface area contributed by atoms with Crippen LogP contribution in [0.15, 0.2) is 58.0 Å². The average molecular weight is 441 g/mol. The zero-order valence-corrected chi connectivity index (χ0v) is 17.6. The van der Waals surface area contributed by atoms with Gasteiger partial charge in [-0.25, -0.2) is 18.1 Å². The van der Waals surface area contributed by atoms with Crippen molar-refractivity contribution in [3.63, 3.8) is 0 Å². The second-order valence-corrected chi connectivity index (χ2v) is 8.66. The number of amides is 2. The molecule has 0 saturated carbocycles. The number of imide groups is 1. The molecule has 0 spiro atoms. The van der Waals surface area contributed by atoms with Crippen LogP contribution in [0.4, 0.5) is 0 Å². The van der Waals surface area contributed by atoms with E-state index in [9.17, 15) is 18.0 Å². The zero-order chi connectivity index (χ0) is 22.2. The lowest BCUT2D eigenvalue weighted by Crippen LogP contribution is -2.26. The van der Waals surface area contributed by atoms with Gasteiger partial charge in [-0.2, -0.15) is 0 Å². The van der Waals surface area contributed by atoms with Crippen molar-refractivity contribution in [2.24, 2.45) is 0 Å². The molecule has 1 N–H and O–H groups in total. The van der Waals surface area contributed by atoms with Gasteiger partial charge in [0.1, 0.15) is 12.0 Å². The lowest BCUT2D eigenvalue weighted by Gasteiger charge is -2.07. The van der Waals surface area contributed by atoms with Gasteiger partial charge in [-0.3, -0.25) is 14.5 Å². The number of hydrogen-bond donors (Lipinski definition) is 1. The maximum atomic E-state index is 12.6. The summed E-state index contributed by atoms with van der Waals surface area (Å²) in [4.78, 5) is 29.3. The Morgan fingerprint density at radius 3 is 2.48 bits per heavy atom. The first kappa shape index (κ1) is 20.8. The van der Waals surface area contributed by atoms with Gasteiger partial charge in [0.05, 0.1) is 28.8 Å². The van der Waals surface area contributed by atoms with E-state index in [0.29, 0.717) is 23.8 Å². The molecule has 4 rings (SSSR count). The Hall–Kier alpha value is -3.50. The van der Waals surface area contributed by atoms with E-state index in [0.717, 1.165) is 10.5 Å². The Kier molecular flexibility index (Phi) is 5.34. The van der Waals surface area contributed by atoms with E-state index in [1.54, 1.807) is 19.2 Å². The molecule has 0 aliphatic carbocycles. The van der Waals surface area contributed by atoms with Crippen molar-refractivity contribution < 1.29 is 27.2 Å². The molecule has 0 fully saturated rings. The minimum Gasteiger partial charge on any atom is -0.497 e. The third-order valence-electron chi connectivity index (χ3n) is 4.93. The van der Waals surface area contributed by atoms with Crippen molar-refractivity contribution >= 4 is 21.8 Å². The first-order valence-corrected chi connectivity index (χ1v) is 10.8. The van der Waals surface area contributed by atoms with Crippen molar-refractivity contribution in [3.8, 4) is 17.2 Å². The summed E-state index contributed by atoms with van der Waals surface area (Å²) in [6.45, 7) is 0.0841. The highest BCUT2D eigenvalue weighted by Crippen LogP contribution is 2.25. The van der Waals surface area contributed by atoms with Gasteiger partial charge in [-0.05, 0) is 42.5 Å². The van der Waals surface area contributed by atoms with Crippen molar-refractivity contribution in [1.82, 2.24) is 14.6 Å². The predicted octanol–water partition coefficient (Wildman–Crippen LogP) is 2.10. The lowest BCUT2D eigenvalue weighted by atomic mass is 10.1. The number of aromatic nitrogens is 1. The van der Waals surface area contributed by atoms with Gasteiger partial charge < -0.3 is 9.15 Å². The number of oxazole rings is 1. The zero-order valence-electron chi connectivity index (χ0n) is 16.8. The van der Waals surface area contributed by atoms with Crippen molar-refractivity contribution in [2.45, 2.75) is 11.3 Å². The van der Waals surface area contributed by atoms with Crippen LogP contribution in [0, 0.1) is 0 Å². The Balaban J connectivity index is 1.41. The van der Waals surface area contributed by atoms with Gasteiger partial charge in [0, 0.05) is 25.6 Å². The Bertz CT molecular complexity index is 1260. The number of sulfonamides is 1. The number of ether oxygens (including phenoxy) is 1. The molecule has 0 saturated heterocycles. The summed E-state index contributed by atoms with van der Waals surface area (Å²) in [7, 11) is -0.930. The number of carbonyl (C=O) groups excluding carboxylic acids is 2. The molecule has 1 aliphatic rings. The molecule has 10 heteroatoms. The molecule has 1 aliphatic heterocycles. The van der Waals surface area contributed by atoms with E-state index in [4.69, 9.17) is 9.15 Å². The van der Waals surface area contributed by atoms with Gasteiger partial charge in [-0.15, -0.1) is 0 Å². The van der Waals surface area contributed by atoms with Gasteiger partial charge in [0.15, 0.2) is 0 Å². The standard InChI is InChI=1S/C21H19N3O6S/c1-24-20(25)17-8-7-16(11-18(17)21(24)26)31(27,28)22-10-9-14-12-30-19(23-14)13-3-5-15(29-2)6-4-13/h3-8,11-12,22H,9-10H2,1-2H3. The van der Waals surface area contributed by atoms with E-state index in [1.807, 2.05) is 12.1 Å². The molecule has 2 aromatic carbocycles. The van der Waals surface area contributed by atoms with Crippen molar-refractivity contribution in [3.05, 3.63) is 65.5 Å². The summed E-state index contributed by atoms with van der Waals surface area (Å²) in [5, 5.41) is 0. The fourth-order valence-corrected chi connectivity index (χ4v) is 4.25. The monoisotopic (exact) mass is 441 g/mol. The number of carbonyl (C=O) groups is 2. The molecule has 3 aromatic rings. The first-order valence-electron chi connectivity index (χ1n) is 9.35. The molecule has 0 radical (unpaired) electrons. The van der Waals surface area contributed by atoms with Crippen LogP contribution in [-0.4, -0.2) is 50.8 Å². The molecule has 1 aromatic heterocycles. The molecule has 0 bridgehead atoms. The second-order valence-electron chi connectivity index (χ2n) is 6.90. The SMILES string of the molecule is COc1ccc(-c2nc(CCNS(=O)(=O)c3ccc4c(c3)C(=O)N(C)C4=O)co2)cc1. The highest BCUT2D eigenvalue weighted by molar-refractivity contribution is 7.89. The largest absolute Gasteiger partial charge is 0.497 e. The Morgan fingerprint density at radius 2 is 1.77 bits per heavy atom. The van der Waals surface area contributed by atoms with Crippen molar-refractivity contribution in [2.75, 3.05) is 20.7 Å². The minimum atomic E-state index is -3.87. The predicted molar refractivity (Wildman–Crippen MR) is 110 cm³/mol. The molecular weight excluding hydrogens is 422 g/mol. The van der Waals surface area contributed by atoms with Crippen LogP contribution in [0.5, 0.6) is 5.75 Å². The second kappa shape index (κ2) is 7.97. The summed E-state index contributed by atoms with van der Waals surface area (Å²) in [5.74, 6) is 0.168. The molecule has 0 unspecified atom stereocenters. The third kappa shape index (κ3) is 3.94. The summed E-state index contributed by atoms with van der Waals surface area (Å²) < 4.78 is 38.3. The smallest absolute Gasteiger partial charge is 0.261 e. The fourth-order valence-electron chi connectivity index (χ4n) is 3.19. The number of hydrogen-bond acceptors (Lipinski definition) is 7. The lowest BCUT2D eigenvalue weighted by molar-refractivity contribution is 0.0693. The van der Waals surface area contributed by atoms with Crippen LogP contribution in [0.25, 0.3) is 11.5 Å². The van der Waals surface area contributed by atoms with Crippen LogP contribution in [-0.2, 0) is 16.4 Å². The molecular formula is C21H19N3O6S. The number of benzene rings is 2. The highest BCUT2D eigenvalue weighted by atomic mass is 32.2. The molecule has 160 valence electrons. The molecule has 9 nitrogen and oxygen atoms in total. The topological polar surface area (TPSA) is 119 Å². The molecule has 2 amide bonds. The summed E-state index contributed by atoms with van der Waals surface area (Å²) in [5.41, 5.74) is 1.64. The summed E-state index contributed by atoms with van der Waals surface area (Å²) >= 11 is 0. The number of nitrogens with zero attached hydrogens (tertiary/aromatic N) is 2. The van der Waals surface area contributed by atoms with Crippen LogP contribution in [0.2, 0.25) is 0 Å². The van der Waals surface area contributed by atoms with E-state index < -0.39 is 21.8 Å². The number of fused-ring (bicyclic) bond motifs is 1. The molecule has 2 heterocycles. The van der Waals surface area contributed by atoms with E-state index in [1.165, 1.54) is 31.5 Å². The van der Waals surface area contributed by atoms with Crippen LogP contribution in [0.1, 0.15) is 26.4 Å².